The molecule has 0 spiro atoms. The minimum Gasteiger partial charge on any atom is -0.481 e. The Balaban J connectivity index is 1.31. The van der Waals surface area contributed by atoms with Crippen LogP contribution in [0.1, 0.15) is 41.2 Å². The summed E-state index contributed by atoms with van der Waals surface area (Å²) < 4.78 is 18.8. The Morgan fingerprint density at radius 3 is 2.22 bits per heavy atom. The highest BCUT2D eigenvalue weighted by Crippen LogP contribution is 2.34. The number of carbonyl (C=O) groups is 4. The number of benzene rings is 2. The second-order valence-electron chi connectivity index (χ2n) is 10.5. The van der Waals surface area contributed by atoms with Crippen molar-refractivity contribution in [2.75, 3.05) is 62.7 Å². The number of amides is 4. The molecule has 4 amide bonds. The molecule has 2 aromatic carbocycles. The van der Waals surface area contributed by atoms with E-state index in [2.05, 4.69) is 15.5 Å². The van der Waals surface area contributed by atoms with E-state index in [0.29, 0.717) is 63.7 Å². The molecule has 2 saturated heterocycles. The van der Waals surface area contributed by atoms with Gasteiger partial charge in [0.15, 0.2) is 0 Å². The number of anilines is 2. The quantitative estimate of drug-likeness (QED) is 0.447. The summed E-state index contributed by atoms with van der Waals surface area (Å²) in [5.74, 6) is -2.26. The number of halogens is 1. The molecule has 3 fully saturated rings. The van der Waals surface area contributed by atoms with Crippen LogP contribution in [0.15, 0.2) is 42.5 Å². The van der Waals surface area contributed by atoms with Crippen LogP contribution in [-0.4, -0.2) is 91.2 Å². The molecule has 0 radical (unpaired) electrons. The highest BCUT2D eigenvalue weighted by atomic mass is 19.1. The van der Waals surface area contributed by atoms with E-state index in [4.69, 9.17) is 4.74 Å². The van der Waals surface area contributed by atoms with Gasteiger partial charge >= 0.3 is 12.0 Å². The number of nitrogens with zero attached hydrogens (tertiary/aromatic N) is 3. The van der Waals surface area contributed by atoms with Gasteiger partial charge in [0.2, 0.25) is 5.91 Å². The predicted octanol–water partition coefficient (Wildman–Crippen LogP) is 2.69. The summed E-state index contributed by atoms with van der Waals surface area (Å²) in [4.78, 5) is 56.1. The van der Waals surface area contributed by atoms with Crippen LogP contribution in [0.4, 0.5) is 20.6 Å². The second kappa shape index (κ2) is 12.5. The summed E-state index contributed by atoms with van der Waals surface area (Å²) in [7, 11) is 0. The Bertz CT molecular complexity index is 1290. The van der Waals surface area contributed by atoms with E-state index in [0.717, 1.165) is 18.5 Å². The molecule has 2 aliphatic heterocycles. The molecule has 1 saturated carbocycles. The van der Waals surface area contributed by atoms with E-state index >= 15 is 0 Å². The summed E-state index contributed by atoms with van der Waals surface area (Å²) in [6.07, 6.45) is 1.25. The van der Waals surface area contributed by atoms with Gasteiger partial charge in [-0.1, -0.05) is 12.1 Å². The summed E-state index contributed by atoms with van der Waals surface area (Å²) in [5.41, 5.74) is 1.94. The zero-order chi connectivity index (χ0) is 28.9. The van der Waals surface area contributed by atoms with Crippen molar-refractivity contribution < 1.29 is 33.4 Å². The van der Waals surface area contributed by atoms with Gasteiger partial charge in [0.05, 0.1) is 37.1 Å². The Kier molecular flexibility index (Phi) is 8.67. The molecule has 1 atom stereocenters. The molecule has 2 aromatic rings. The van der Waals surface area contributed by atoms with Crippen LogP contribution in [0, 0.1) is 11.7 Å². The molecule has 1 unspecified atom stereocenters. The maximum absolute atomic E-state index is 13.4. The van der Waals surface area contributed by atoms with E-state index in [1.165, 1.54) is 24.3 Å². The summed E-state index contributed by atoms with van der Waals surface area (Å²) in [5, 5.41) is 15.1. The van der Waals surface area contributed by atoms with E-state index in [1.54, 1.807) is 23.1 Å². The number of ether oxygens (including phenoxy) is 1. The van der Waals surface area contributed by atoms with Crippen molar-refractivity contribution in [1.82, 2.24) is 15.1 Å². The minimum atomic E-state index is -1.11. The first kappa shape index (κ1) is 28.3. The number of hydrogen-bond donors (Lipinski definition) is 3. The van der Waals surface area contributed by atoms with Crippen molar-refractivity contribution in [3.8, 4) is 0 Å². The fraction of sp³-hybridized carbons (Fsp3) is 0.448. The fourth-order valence-corrected chi connectivity index (χ4v) is 5.09. The van der Waals surface area contributed by atoms with Gasteiger partial charge in [-0.25, -0.2) is 9.18 Å². The molecule has 5 rings (SSSR count). The summed E-state index contributed by atoms with van der Waals surface area (Å²) >= 11 is 0. The average molecular weight is 568 g/mol. The molecule has 11 nitrogen and oxygen atoms in total. The molecule has 0 aromatic heterocycles. The molecule has 218 valence electrons. The Hall–Kier alpha value is -4.19. The Morgan fingerprint density at radius 2 is 1.59 bits per heavy atom. The van der Waals surface area contributed by atoms with Gasteiger partial charge in [-0.15, -0.1) is 0 Å². The maximum atomic E-state index is 13.4. The van der Waals surface area contributed by atoms with Gasteiger partial charge in [-0.3, -0.25) is 14.4 Å². The lowest BCUT2D eigenvalue weighted by molar-refractivity contribution is -0.137. The molecular weight excluding hydrogens is 533 g/mol. The monoisotopic (exact) mass is 567 g/mol. The van der Waals surface area contributed by atoms with Crippen molar-refractivity contribution in [1.29, 1.82) is 0 Å². The normalized spacial score (nSPS) is 18.0. The van der Waals surface area contributed by atoms with Crippen molar-refractivity contribution in [2.24, 2.45) is 5.92 Å². The first-order valence-electron chi connectivity index (χ1n) is 13.9. The third-order valence-electron chi connectivity index (χ3n) is 7.59. The zero-order valence-electron chi connectivity index (χ0n) is 22.7. The number of nitrogens with one attached hydrogen (secondary N) is 2. The fourth-order valence-electron chi connectivity index (χ4n) is 5.09. The van der Waals surface area contributed by atoms with E-state index in [9.17, 15) is 28.7 Å². The largest absolute Gasteiger partial charge is 0.481 e. The summed E-state index contributed by atoms with van der Waals surface area (Å²) in [6.45, 7) is 4.38. The molecule has 2 heterocycles. The van der Waals surface area contributed by atoms with Crippen LogP contribution in [0.2, 0.25) is 0 Å². The smallest absolute Gasteiger partial charge is 0.320 e. The number of urea groups is 1. The molecule has 1 aliphatic carbocycles. The number of carboxylic acid groups (broad SMARTS) is 1. The number of aliphatic carboxylic acids is 1. The lowest BCUT2D eigenvalue weighted by Crippen LogP contribution is -2.54. The van der Waals surface area contributed by atoms with E-state index in [1.807, 2.05) is 4.90 Å². The van der Waals surface area contributed by atoms with Crippen LogP contribution in [0.3, 0.4) is 0 Å². The summed E-state index contributed by atoms with van der Waals surface area (Å²) in [6, 6.07) is 9.43. The van der Waals surface area contributed by atoms with Crippen LogP contribution < -0.4 is 15.5 Å². The molecule has 3 N–H and O–H groups in total. The van der Waals surface area contributed by atoms with Gasteiger partial charge in [0.25, 0.3) is 5.91 Å². The SMILES string of the molecule is O=C(O)CC(NC(=O)c1ccc(N2CCN(C(=O)N3CCOCC3)CC2)c(NC(=O)C2CC2)c1)c1ccc(F)cc1. The zero-order valence-corrected chi connectivity index (χ0v) is 22.7. The van der Waals surface area contributed by atoms with Crippen molar-refractivity contribution in [3.05, 3.63) is 59.4 Å². The number of rotatable bonds is 8. The lowest BCUT2D eigenvalue weighted by atomic mass is 10.0. The number of morpholine rings is 1. The number of hydrogen-bond acceptors (Lipinski definition) is 6. The first-order valence-corrected chi connectivity index (χ1v) is 13.9. The van der Waals surface area contributed by atoms with Crippen LogP contribution in [-0.2, 0) is 14.3 Å². The molecule has 0 bridgehead atoms. The van der Waals surface area contributed by atoms with Crippen LogP contribution >= 0.6 is 0 Å². The van der Waals surface area contributed by atoms with Crippen LogP contribution in [0.25, 0.3) is 0 Å². The van der Waals surface area contributed by atoms with E-state index < -0.39 is 23.7 Å². The highest BCUT2D eigenvalue weighted by molar-refractivity contribution is 6.01. The van der Waals surface area contributed by atoms with Gasteiger partial charge in [0, 0.05) is 50.7 Å². The first-order chi connectivity index (χ1) is 19.8. The second-order valence-corrected chi connectivity index (χ2v) is 10.5. The molecule has 3 aliphatic rings. The predicted molar refractivity (Wildman–Crippen MR) is 148 cm³/mol. The standard InChI is InChI=1S/C29H34FN5O6/c30-22-6-3-19(4-7-22)23(18-26(36)37)31-28(39)21-5-8-25(24(17-21)32-27(38)20-1-2-20)33-9-11-34(12-10-33)29(40)35-13-15-41-16-14-35/h3-8,17,20,23H,1-2,9-16,18H2,(H,31,39)(H,32,38)(H,36,37). The third-order valence-corrected chi connectivity index (χ3v) is 7.59. The minimum absolute atomic E-state index is 0.000650. The van der Waals surface area contributed by atoms with E-state index in [-0.39, 0.29) is 29.8 Å². The van der Waals surface area contributed by atoms with Crippen molar-refractivity contribution in [2.45, 2.75) is 25.3 Å². The maximum Gasteiger partial charge on any atom is 0.320 e. The van der Waals surface area contributed by atoms with Gasteiger partial charge in [0.1, 0.15) is 5.82 Å². The third kappa shape index (κ3) is 7.12. The average Bonchev–Trinajstić information content (AvgIpc) is 3.83. The number of carboxylic acids is 1. The topological polar surface area (TPSA) is 132 Å². The molecular formula is C29H34FN5O6. The van der Waals surface area contributed by atoms with Crippen LogP contribution in [0.5, 0.6) is 0 Å². The van der Waals surface area contributed by atoms with Gasteiger partial charge in [-0.2, -0.15) is 0 Å². The van der Waals surface area contributed by atoms with Crippen molar-refractivity contribution in [3.63, 3.8) is 0 Å². The van der Waals surface area contributed by atoms with Gasteiger partial charge in [-0.05, 0) is 48.7 Å². The molecule has 41 heavy (non-hydrogen) atoms. The highest BCUT2D eigenvalue weighted by Gasteiger charge is 2.32. The lowest BCUT2D eigenvalue weighted by Gasteiger charge is -2.39. The number of carbonyl (C=O) groups excluding carboxylic acids is 3. The van der Waals surface area contributed by atoms with Crippen molar-refractivity contribution >= 4 is 35.2 Å². The molecule has 12 heteroatoms. The van der Waals surface area contributed by atoms with Gasteiger partial charge < -0.3 is 35.2 Å². The Labute approximate surface area is 237 Å². The number of piperazine rings is 1. The Morgan fingerprint density at radius 1 is 0.927 bits per heavy atom.